The number of ether oxygens (including phenoxy) is 8. The van der Waals surface area contributed by atoms with E-state index in [2.05, 4.69) is 26.8 Å². The Kier molecular flexibility index (Phi) is 12.2. The summed E-state index contributed by atoms with van der Waals surface area (Å²) in [4.78, 5) is 0. The van der Waals surface area contributed by atoms with Crippen molar-refractivity contribution in [3.8, 4) is 0 Å². The largest absolute Gasteiger partial charge is 0.394 e. The van der Waals surface area contributed by atoms with E-state index in [9.17, 15) is 46.0 Å². The summed E-state index contributed by atoms with van der Waals surface area (Å²) >= 11 is 0. The zero-order valence-electron chi connectivity index (χ0n) is 36.0. The second kappa shape index (κ2) is 16.4. The summed E-state index contributed by atoms with van der Waals surface area (Å²) in [5.74, 6) is 0.252. The van der Waals surface area contributed by atoms with Crippen molar-refractivity contribution in [1.82, 2.24) is 0 Å². The maximum atomic E-state index is 12.7. The van der Waals surface area contributed by atoms with Gasteiger partial charge in [-0.2, -0.15) is 0 Å². The van der Waals surface area contributed by atoms with Crippen LogP contribution in [0.1, 0.15) is 98.8 Å². The molecule has 25 atom stereocenters. The van der Waals surface area contributed by atoms with Crippen LogP contribution in [0.3, 0.4) is 0 Å². The standard InChI is InChI=1S/C44H70O17/c1-19-29(46)31(48)33(50)38(55-19)59-36-27(18-45)58-40(37(35(36)52)60-39-34(51)32(49)30(47)20(2)56-39)57-23-10-13-41(4)22(16-23)8-9-24-25(41)11-14-42(5)26(24)17-28-44(42,53)21(3)43(61-28)12-6-7-15-54-43/h8,19-21,23-40,45-53H,6-7,9-18H2,1-5H3/t19-,20-,21+,23-,24+,25-,26-,27+,28-,29-,30-,31+,32+,33+,34+,35-,36+,37+,38-,39-,40+,41-,42-,43+,44+/m0/s1. The lowest BCUT2D eigenvalue weighted by Gasteiger charge is -2.60. The molecule has 0 radical (unpaired) electrons. The lowest BCUT2D eigenvalue weighted by Crippen LogP contribution is -2.66. The molecule has 9 rings (SSSR count). The minimum atomic E-state index is -1.72. The normalized spacial score (nSPS) is 58.4. The Bertz CT molecular complexity index is 1610. The van der Waals surface area contributed by atoms with E-state index in [1.165, 1.54) is 19.4 Å². The van der Waals surface area contributed by atoms with Crippen LogP contribution in [-0.4, -0.2) is 175 Å². The first kappa shape index (κ1) is 45.2. The van der Waals surface area contributed by atoms with Gasteiger partial charge in [-0.3, -0.25) is 0 Å². The second-order valence-corrected chi connectivity index (χ2v) is 20.5. The average Bonchev–Trinajstić information content (AvgIpc) is 3.59. The molecule has 4 aliphatic carbocycles. The van der Waals surface area contributed by atoms with Crippen molar-refractivity contribution in [3.05, 3.63) is 11.6 Å². The number of fused-ring (bicyclic) bond motifs is 7. The van der Waals surface area contributed by atoms with Crippen LogP contribution in [0.15, 0.2) is 11.6 Å². The van der Waals surface area contributed by atoms with Gasteiger partial charge in [-0.25, -0.2) is 0 Å². The van der Waals surface area contributed by atoms with Gasteiger partial charge in [0, 0.05) is 17.8 Å². The number of hydrogen-bond acceptors (Lipinski definition) is 17. The molecule has 0 aromatic carbocycles. The fraction of sp³-hybridized carbons (Fsp3) is 0.955. The highest BCUT2D eigenvalue weighted by Crippen LogP contribution is 2.72. The van der Waals surface area contributed by atoms with Gasteiger partial charge in [-0.15, -0.1) is 0 Å². The van der Waals surface area contributed by atoms with Crippen molar-refractivity contribution in [2.45, 2.75) is 215 Å². The second-order valence-electron chi connectivity index (χ2n) is 20.5. The Labute approximate surface area is 357 Å². The zero-order valence-corrected chi connectivity index (χ0v) is 36.0. The molecule has 61 heavy (non-hydrogen) atoms. The molecule has 17 nitrogen and oxygen atoms in total. The van der Waals surface area contributed by atoms with Gasteiger partial charge in [0.15, 0.2) is 24.7 Å². The lowest BCUT2D eigenvalue weighted by molar-refractivity contribution is -0.388. The first-order valence-electron chi connectivity index (χ1n) is 22.9. The van der Waals surface area contributed by atoms with E-state index >= 15 is 0 Å². The van der Waals surface area contributed by atoms with Crippen LogP contribution in [-0.2, 0) is 37.9 Å². The maximum absolute atomic E-state index is 12.7. The predicted molar refractivity (Wildman–Crippen MR) is 210 cm³/mol. The molecule has 0 amide bonds. The van der Waals surface area contributed by atoms with Crippen molar-refractivity contribution >= 4 is 0 Å². The van der Waals surface area contributed by atoms with Crippen molar-refractivity contribution < 1.29 is 83.9 Å². The van der Waals surface area contributed by atoms with Gasteiger partial charge in [0.25, 0.3) is 0 Å². The minimum Gasteiger partial charge on any atom is -0.394 e. The van der Waals surface area contributed by atoms with Gasteiger partial charge < -0.3 is 83.9 Å². The Balaban J connectivity index is 0.928. The molecule has 9 aliphatic rings. The van der Waals surface area contributed by atoms with E-state index in [0.717, 1.165) is 51.4 Å². The molecule has 8 fully saturated rings. The number of aliphatic hydroxyl groups excluding tert-OH is 8. The third kappa shape index (κ3) is 6.97. The SMILES string of the molecule is C[C@@H]1O[C@@H](O[C@H]2[C@H](O[C@H]3CC[C@@]4(C)C(=CC[C@@H]5[C@@H]4CC[C@@]4(C)[C@H]5C[C@@H]5O[C@]6(CCCCO6)[C@@H](C)[C@@]54O)C3)O[C@H](CO)[C@@H](O[C@@H]3O[C@@H](C)[C@H](O)[C@@H](O)[C@H]3O)[C@@H]2O)[C@H](O)[C@H](O)[C@H]1O. The maximum Gasteiger partial charge on any atom is 0.187 e. The van der Waals surface area contributed by atoms with Crippen molar-refractivity contribution in [2.75, 3.05) is 13.2 Å². The van der Waals surface area contributed by atoms with Crippen LogP contribution in [0.5, 0.6) is 0 Å². The zero-order chi connectivity index (χ0) is 43.6. The molecule has 0 aromatic heterocycles. The van der Waals surface area contributed by atoms with Gasteiger partial charge >= 0.3 is 0 Å². The Morgan fingerprint density at radius 1 is 0.705 bits per heavy atom. The van der Waals surface area contributed by atoms with Crippen LogP contribution in [0.4, 0.5) is 0 Å². The Hall–Kier alpha value is -0.940. The van der Waals surface area contributed by atoms with Crippen LogP contribution in [0, 0.1) is 34.5 Å². The summed E-state index contributed by atoms with van der Waals surface area (Å²) in [7, 11) is 0. The molecule has 0 unspecified atom stereocenters. The molecule has 1 spiro atoms. The summed E-state index contributed by atoms with van der Waals surface area (Å²) in [6, 6.07) is 0. The lowest BCUT2D eigenvalue weighted by atomic mass is 9.46. The summed E-state index contributed by atoms with van der Waals surface area (Å²) in [6.07, 6.45) is -11.5. The van der Waals surface area contributed by atoms with Gasteiger partial charge in [0.2, 0.25) is 0 Å². The van der Waals surface area contributed by atoms with E-state index in [1.54, 1.807) is 0 Å². The molecular weight excluding hydrogens is 800 g/mol. The first-order chi connectivity index (χ1) is 28.9. The van der Waals surface area contributed by atoms with E-state index < -0.39 is 116 Å². The van der Waals surface area contributed by atoms with Crippen LogP contribution < -0.4 is 0 Å². The fourth-order valence-corrected chi connectivity index (χ4v) is 13.8. The number of aliphatic hydroxyl groups is 9. The summed E-state index contributed by atoms with van der Waals surface area (Å²) in [6.45, 7) is 9.78. The molecule has 9 N–H and O–H groups in total. The average molecular weight is 871 g/mol. The van der Waals surface area contributed by atoms with Crippen molar-refractivity contribution in [1.29, 1.82) is 0 Å². The van der Waals surface area contributed by atoms with Crippen LogP contribution >= 0.6 is 0 Å². The van der Waals surface area contributed by atoms with Crippen LogP contribution in [0.2, 0.25) is 0 Å². The molecule has 5 heterocycles. The molecule has 3 saturated carbocycles. The fourth-order valence-electron chi connectivity index (χ4n) is 13.8. The summed E-state index contributed by atoms with van der Waals surface area (Å²) < 4.78 is 49.6. The van der Waals surface area contributed by atoms with Gasteiger partial charge in [-0.1, -0.05) is 32.4 Å². The quantitative estimate of drug-likeness (QED) is 0.154. The van der Waals surface area contributed by atoms with E-state index in [0.29, 0.717) is 37.2 Å². The highest BCUT2D eigenvalue weighted by atomic mass is 16.8. The summed E-state index contributed by atoms with van der Waals surface area (Å²) in [5, 5.41) is 98.6. The molecule has 348 valence electrons. The van der Waals surface area contributed by atoms with Crippen LogP contribution in [0.25, 0.3) is 0 Å². The molecule has 0 aromatic rings. The minimum absolute atomic E-state index is 0.108. The predicted octanol–water partition coefficient (Wildman–Crippen LogP) is 0.111. The van der Waals surface area contributed by atoms with Crippen molar-refractivity contribution in [2.24, 2.45) is 34.5 Å². The monoisotopic (exact) mass is 870 g/mol. The highest BCUT2D eigenvalue weighted by molar-refractivity contribution is 5.29. The number of rotatable bonds is 7. The van der Waals surface area contributed by atoms with E-state index in [-0.39, 0.29) is 22.9 Å². The van der Waals surface area contributed by atoms with E-state index in [1.807, 2.05) is 0 Å². The Morgan fingerprint density at radius 2 is 1.36 bits per heavy atom. The third-order valence-electron chi connectivity index (χ3n) is 17.6. The molecule has 5 saturated heterocycles. The van der Waals surface area contributed by atoms with E-state index in [4.69, 9.17) is 37.9 Å². The molecule has 17 heteroatoms. The van der Waals surface area contributed by atoms with Gasteiger partial charge in [0.05, 0.1) is 37.6 Å². The number of hydrogen-bond donors (Lipinski definition) is 9. The van der Waals surface area contributed by atoms with Gasteiger partial charge in [0.1, 0.15) is 66.6 Å². The highest BCUT2D eigenvalue weighted by Gasteiger charge is 2.76. The smallest absolute Gasteiger partial charge is 0.187 e. The van der Waals surface area contributed by atoms with Crippen molar-refractivity contribution in [3.63, 3.8) is 0 Å². The Morgan fingerprint density at radius 3 is 1.98 bits per heavy atom. The van der Waals surface area contributed by atoms with Gasteiger partial charge in [-0.05, 0) is 94.8 Å². The topological polar surface area (TPSA) is 256 Å². The molecule has 0 bridgehead atoms. The third-order valence-corrected chi connectivity index (χ3v) is 17.6. The molecular formula is C44H70O17. The summed E-state index contributed by atoms with van der Waals surface area (Å²) in [5.41, 5.74) is -0.0842. The molecule has 5 aliphatic heterocycles. The number of allylic oxidation sites excluding steroid dienone is 1. The first-order valence-corrected chi connectivity index (χ1v) is 22.9.